The summed E-state index contributed by atoms with van der Waals surface area (Å²) >= 11 is 0. The minimum Gasteiger partial charge on any atom is -0.497 e. The first-order valence-electron chi connectivity index (χ1n) is 9.19. The lowest BCUT2D eigenvalue weighted by Crippen LogP contribution is -2.29. The molecular weight excluding hydrogens is 424 g/mol. The monoisotopic (exact) mass is 444 g/mol. The zero-order valence-corrected chi connectivity index (χ0v) is 17.8. The maximum Gasteiger partial charge on any atom is 0.264 e. The van der Waals surface area contributed by atoms with E-state index in [9.17, 15) is 16.8 Å². The van der Waals surface area contributed by atoms with E-state index in [0.717, 1.165) is 5.56 Å². The van der Waals surface area contributed by atoms with Crippen LogP contribution in [0.15, 0.2) is 82.6 Å². The van der Waals surface area contributed by atoms with Crippen molar-refractivity contribution >= 4 is 31.4 Å². The van der Waals surface area contributed by atoms with Crippen molar-refractivity contribution in [3.05, 3.63) is 78.4 Å². The summed E-state index contributed by atoms with van der Waals surface area (Å²) < 4.78 is 60.5. The van der Waals surface area contributed by atoms with Gasteiger partial charge >= 0.3 is 0 Å². The van der Waals surface area contributed by atoms with Gasteiger partial charge in [-0.3, -0.25) is 9.03 Å². The molecule has 30 heavy (non-hydrogen) atoms. The topological polar surface area (TPSA) is 92.8 Å². The van der Waals surface area contributed by atoms with Gasteiger partial charge in [0.25, 0.3) is 20.0 Å². The highest BCUT2D eigenvalue weighted by molar-refractivity contribution is 7.93. The standard InChI is InChI=1S/C21H20N2O5S2/c1-28-18-9-11-20(12-10-18)30(26,27)23-14-13-16-7-8-17(15-21(16)23)22-29(24,25)19-5-3-2-4-6-19/h2-12,15,22H,13-14H2,1H3. The highest BCUT2D eigenvalue weighted by atomic mass is 32.2. The molecule has 1 N–H and O–H groups in total. The Labute approximate surface area is 176 Å². The lowest BCUT2D eigenvalue weighted by molar-refractivity contribution is 0.414. The molecule has 0 saturated carbocycles. The van der Waals surface area contributed by atoms with Crippen LogP contribution in [0.3, 0.4) is 0 Å². The molecule has 0 aliphatic carbocycles. The van der Waals surface area contributed by atoms with Crippen molar-refractivity contribution in [3.8, 4) is 5.75 Å². The van der Waals surface area contributed by atoms with Crippen LogP contribution in [0.25, 0.3) is 0 Å². The third kappa shape index (κ3) is 3.73. The van der Waals surface area contributed by atoms with Gasteiger partial charge in [-0.25, -0.2) is 16.8 Å². The molecule has 9 heteroatoms. The first-order chi connectivity index (χ1) is 14.3. The molecule has 156 valence electrons. The van der Waals surface area contributed by atoms with Crippen molar-refractivity contribution in [3.63, 3.8) is 0 Å². The number of anilines is 2. The average molecular weight is 445 g/mol. The molecule has 0 amide bonds. The fourth-order valence-electron chi connectivity index (χ4n) is 3.35. The molecule has 0 fully saturated rings. The molecule has 3 aromatic rings. The lowest BCUT2D eigenvalue weighted by atomic mass is 10.1. The predicted octanol–water partition coefficient (Wildman–Crippen LogP) is 3.25. The number of ether oxygens (including phenoxy) is 1. The highest BCUT2D eigenvalue weighted by Crippen LogP contribution is 2.35. The Morgan fingerprint density at radius 1 is 0.867 bits per heavy atom. The summed E-state index contributed by atoms with van der Waals surface area (Å²) in [4.78, 5) is 0.277. The van der Waals surface area contributed by atoms with Crippen LogP contribution in [-0.2, 0) is 26.5 Å². The second kappa shape index (κ2) is 7.66. The van der Waals surface area contributed by atoms with Crippen molar-refractivity contribution in [1.29, 1.82) is 0 Å². The number of nitrogens with zero attached hydrogens (tertiary/aromatic N) is 1. The minimum atomic E-state index is -3.79. The van der Waals surface area contributed by atoms with Crippen LogP contribution < -0.4 is 13.8 Å². The molecular formula is C21H20N2O5S2. The van der Waals surface area contributed by atoms with Crippen molar-refractivity contribution in [1.82, 2.24) is 0 Å². The number of fused-ring (bicyclic) bond motifs is 1. The van der Waals surface area contributed by atoms with Crippen molar-refractivity contribution in [2.45, 2.75) is 16.2 Å². The molecule has 0 bridgehead atoms. The van der Waals surface area contributed by atoms with E-state index in [1.165, 1.54) is 35.7 Å². The molecule has 0 unspecified atom stereocenters. The quantitative estimate of drug-likeness (QED) is 0.630. The van der Waals surface area contributed by atoms with E-state index in [-0.39, 0.29) is 9.79 Å². The zero-order valence-electron chi connectivity index (χ0n) is 16.1. The van der Waals surface area contributed by atoms with E-state index < -0.39 is 20.0 Å². The summed E-state index contributed by atoms with van der Waals surface area (Å²) in [5, 5.41) is 0. The molecule has 7 nitrogen and oxygen atoms in total. The summed E-state index contributed by atoms with van der Waals surface area (Å²) in [6.07, 6.45) is 0.552. The molecule has 0 aromatic heterocycles. The SMILES string of the molecule is COc1ccc(S(=O)(=O)N2CCc3ccc(NS(=O)(=O)c4ccccc4)cc32)cc1. The Morgan fingerprint density at radius 3 is 2.23 bits per heavy atom. The van der Waals surface area contributed by atoms with Crippen molar-refractivity contribution in [2.75, 3.05) is 22.7 Å². The summed E-state index contributed by atoms with van der Waals surface area (Å²) in [6, 6.07) is 19.1. The molecule has 0 atom stereocenters. The molecule has 0 spiro atoms. The number of rotatable bonds is 6. The van der Waals surface area contributed by atoms with Crippen molar-refractivity contribution in [2.24, 2.45) is 0 Å². The molecule has 1 aliphatic rings. The Bertz CT molecular complexity index is 1270. The van der Waals surface area contributed by atoms with Crippen LogP contribution in [0, 0.1) is 0 Å². The second-order valence-corrected chi connectivity index (χ2v) is 10.3. The van der Waals surface area contributed by atoms with Gasteiger partial charge in [0.2, 0.25) is 0 Å². The van der Waals surface area contributed by atoms with Gasteiger partial charge in [-0.05, 0) is 60.5 Å². The number of methoxy groups -OCH3 is 1. The van der Waals surface area contributed by atoms with Crippen LogP contribution in [-0.4, -0.2) is 30.5 Å². The van der Waals surface area contributed by atoms with Gasteiger partial charge in [0.15, 0.2) is 0 Å². The average Bonchev–Trinajstić information content (AvgIpc) is 3.18. The summed E-state index contributed by atoms with van der Waals surface area (Å²) in [5.41, 5.74) is 1.61. The van der Waals surface area contributed by atoms with Crippen molar-refractivity contribution < 1.29 is 21.6 Å². The minimum absolute atomic E-state index is 0.133. The van der Waals surface area contributed by atoms with E-state index in [4.69, 9.17) is 4.74 Å². The van der Waals surface area contributed by atoms with Crippen LogP contribution in [0.2, 0.25) is 0 Å². The fourth-order valence-corrected chi connectivity index (χ4v) is 5.92. The number of benzene rings is 3. The van der Waals surface area contributed by atoms with Crippen LogP contribution >= 0.6 is 0 Å². The largest absolute Gasteiger partial charge is 0.497 e. The third-order valence-corrected chi connectivity index (χ3v) is 8.12. The van der Waals surface area contributed by atoms with E-state index in [1.54, 1.807) is 48.5 Å². The molecule has 4 rings (SSSR count). The summed E-state index contributed by atoms with van der Waals surface area (Å²) in [5.74, 6) is 0.563. The second-order valence-electron chi connectivity index (χ2n) is 6.76. The maximum absolute atomic E-state index is 13.2. The molecule has 1 heterocycles. The maximum atomic E-state index is 13.2. The van der Waals surface area contributed by atoms with E-state index in [0.29, 0.717) is 30.1 Å². The van der Waals surface area contributed by atoms with Gasteiger partial charge in [-0.1, -0.05) is 24.3 Å². The first kappa shape index (κ1) is 20.2. The molecule has 0 saturated heterocycles. The van der Waals surface area contributed by atoms with Crippen LogP contribution in [0.5, 0.6) is 5.75 Å². The number of hydrogen-bond acceptors (Lipinski definition) is 5. The third-order valence-electron chi connectivity index (χ3n) is 4.89. The lowest BCUT2D eigenvalue weighted by Gasteiger charge is -2.20. The number of nitrogens with one attached hydrogen (secondary N) is 1. The van der Waals surface area contributed by atoms with Crippen LogP contribution in [0.1, 0.15) is 5.56 Å². The first-order valence-corrected chi connectivity index (χ1v) is 12.1. The Kier molecular flexibility index (Phi) is 5.17. The van der Waals surface area contributed by atoms with Gasteiger partial charge < -0.3 is 4.74 Å². The van der Waals surface area contributed by atoms with Crippen LogP contribution in [0.4, 0.5) is 11.4 Å². The normalized spacial score (nSPS) is 13.7. The smallest absolute Gasteiger partial charge is 0.264 e. The Balaban J connectivity index is 1.66. The predicted molar refractivity (Wildman–Crippen MR) is 115 cm³/mol. The van der Waals surface area contributed by atoms with E-state index in [1.807, 2.05) is 0 Å². The van der Waals surface area contributed by atoms with E-state index >= 15 is 0 Å². The van der Waals surface area contributed by atoms with Gasteiger partial charge in [0.1, 0.15) is 5.75 Å². The van der Waals surface area contributed by atoms with Gasteiger partial charge in [-0.15, -0.1) is 0 Å². The van der Waals surface area contributed by atoms with Gasteiger partial charge in [0.05, 0.1) is 28.3 Å². The van der Waals surface area contributed by atoms with Gasteiger partial charge in [-0.2, -0.15) is 0 Å². The molecule has 0 radical (unpaired) electrons. The zero-order chi connectivity index (χ0) is 21.4. The van der Waals surface area contributed by atoms with Gasteiger partial charge in [0, 0.05) is 6.54 Å². The summed E-state index contributed by atoms with van der Waals surface area (Å²) in [7, 11) is -6.05. The number of hydrogen-bond donors (Lipinski definition) is 1. The Morgan fingerprint density at radius 2 is 1.57 bits per heavy atom. The molecule has 3 aromatic carbocycles. The summed E-state index contributed by atoms with van der Waals surface area (Å²) in [6.45, 7) is 0.290. The molecule has 1 aliphatic heterocycles. The fraction of sp³-hybridized carbons (Fsp3) is 0.143. The highest BCUT2D eigenvalue weighted by Gasteiger charge is 2.31. The van der Waals surface area contributed by atoms with E-state index in [2.05, 4.69) is 4.72 Å². The number of sulfonamides is 2. The Hall–Kier alpha value is -3.04.